The van der Waals surface area contributed by atoms with Gasteiger partial charge in [-0.1, -0.05) is 59.1 Å². The number of nitrogens with zero attached hydrogens (tertiary/aromatic N) is 2. The Bertz CT molecular complexity index is 1420. The predicted octanol–water partition coefficient (Wildman–Crippen LogP) is 5.70. The second kappa shape index (κ2) is 12.8. The smallest absolute Gasteiger partial charge is 0.264 e. The topological polar surface area (TPSA) is 86.8 Å². The molecular formula is C27H28Cl3N3O4S. The van der Waals surface area contributed by atoms with Crippen LogP contribution in [0.5, 0.6) is 0 Å². The number of carbonyl (C=O) groups excluding carboxylic acids is 2. The van der Waals surface area contributed by atoms with Crippen molar-refractivity contribution in [2.45, 2.75) is 38.3 Å². The van der Waals surface area contributed by atoms with Gasteiger partial charge < -0.3 is 10.2 Å². The van der Waals surface area contributed by atoms with Crippen LogP contribution in [0.3, 0.4) is 0 Å². The standard InChI is InChI=1S/C27H28Cl3N3O4S/c1-4-31-27(35)19(3)32(16-20-10-11-22(29)15-24(20)30)26(34)17-33(25-13-12-21(28)14-18(25)2)38(36,37)23-8-6-5-7-9-23/h5-15,19H,4,16-17H2,1-3H3,(H,31,35)/t19-/m1/s1. The molecule has 0 aliphatic heterocycles. The summed E-state index contributed by atoms with van der Waals surface area (Å²) in [5, 5.41) is 3.89. The molecule has 38 heavy (non-hydrogen) atoms. The summed E-state index contributed by atoms with van der Waals surface area (Å²) in [4.78, 5) is 28.0. The first-order chi connectivity index (χ1) is 17.9. The van der Waals surface area contributed by atoms with E-state index in [2.05, 4.69) is 5.32 Å². The van der Waals surface area contributed by atoms with Crippen molar-refractivity contribution in [1.82, 2.24) is 10.2 Å². The van der Waals surface area contributed by atoms with Crippen LogP contribution in [0.15, 0.2) is 71.6 Å². The molecule has 0 bridgehead atoms. The van der Waals surface area contributed by atoms with Gasteiger partial charge in [0.05, 0.1) is 10.6 Å². The Labute approximate surface area is 238 Å². The Hall–Kier alpha value is -2.78. The lowest BCUT2D eigenvalue weighted by Gasteiger charge is -2.32. The van der Waals surface area contributed by atoms with Crippen LogP contribution in [0.2, 0.25) is 15.1 Å². The molecule has 1 atom stereocenters. The lowest BCUT2D eigenvalue weighted by atomic mass is 10.1. The molecule has 0 radical (unpaired) electrons. The largest absolute Gasteiger partial charge is 0.355 e. The normalized spacial score (nSPS) is 12.1. The van der Waals surface area contributed by atoms with Gasteiger partial charge in [0.2, 0.25) is 11.8 Å². The fraction of sp³-hybridized carbons (Fsp3) is 0.259. The number of amides is 2. The summed E-state index contributed by atoms with van der Waals surface area (Å²) in [6, 6.07) is 16.5. The van der Waals surface area contributed by atoms with Gasteiger partial charge in [0.1, 0.15) is 12.6 Å². The van der Waals surface area contributed by atoms with Gasteiger partial charge in [-0.05, 0) is 74.4 Å². The molecule has 202 valence electrons. The maximum atomic E-state index is 13.9. The van der Waals surface area contributed by atoms with Crippen molar-refractivity contribution in [3.63, 3.8) is 0 Å². The van der Waals surface area contributed by atoms with Gasteiger partial charge in [-0.2, -0.15) is 0 Å². The van der Waals surface area contributed by atoms with Gasteiger partial charge in [0, 0.05) is 28.2 Å². The summed E-state index contributed by atoms with van der Waals surface area (Å²) in [6.07, 6.45) is 0. The summed E-state index contributed by atoms with van der Waals surface area (Å²) < 4.78 is 28.6. The second-order valence-corrected chi connectivity index (χ2v) is 11.7. The molecule has 0 spiro atoms. The number of halogens is 3. The zero-order valence-corrected chi connectivity index (χ0v) is 24.2. The Morgan fingerprint density at radius 2 is 1.58 bits per heavy atom. The van der Waals surface area contributed by atoms with E-state index in [1.165, 1.54) is 17.0 Å². The second-order valence-electron chi connectivity index (χ2n) is 8.58. The fourth-order valence-electron chi connectivity index (χ4n) is 3.87. The number of aryl methyl sites for hydroxylation is 1. The van der Waals surface area contributed by atoms with Gasteiger partial charge in [0.15, 0.2) is 0 Å². The fourth-order valence-corrected chi connectivity index (χ4v) is 6.06. The molecular weight excluding hydrogens is 569 g/mol. The number of hydrogen-bond acceptors (Lipinski definition) is 4. The van der Waals surface area contributed by atoms with E-state index in [0.29, 0.717) is 38.4 Å². The molecule has 0 aromatic heterocycles. The number of sulfonamides is 1. The van der Waals surface area contributed by atoms with Crippen molar-refractivity contribution in [3.05, 3.63) is 92.9 Å². The molecule has 0 heterocycles. The highest BCUT2D eigenvalue weighted by Gasteiger charge is 2.33. The van der Waals surface area contributed by atoms with Crippen LogP contribution in [-0.4, -0.2) is 44.3 Å². The summed E-state index contributed by atoms with van der Waals surface area (Å²) in [6.45, 7) is 4.83. The average molecular weight is 597 g/mol. The molecule has 0 saturated carbocycles. The van der Waals surface area contributed by atoms with Crippen LogP contribution in [0.25, 0.3) is 0 Å². The van der Waals surface area contributed by atoms with Gasteiger partial charge in [0.25, 0.3) is 10.0 Å². The molecule has 0 aliphatic rings. The molecule has 3 aromatic rings. The number of anilines is 1. The van der Waals surface area contributed by atoms with Gasteiger partial charge in [-0.15, -0.1) is 0 Å². The summed E-state index contributed by atoms with van der Waals surface area (Å²) >= 11 is 18.5. The van der Waals surface area contributed by atoms with E-state index in [1.54, 1.807) is 75.4 Å². The first kappa shape index (κ1) is 29.8. The minimum atomic E-state index is -4.16. The van der Waals surface area contributed by atoms with E-state index in [-0.39, 0.29) is 17.3 Å². The average Bonchev–Trinajstić information content (AvgIpc) is 2.87. The monoisotopic (exact) mass is 595 g/mol. The summed E-state index contributed by atoms with van der Waals surface area (Å²) in [5.74, 6) is -0.977. The number of benzene rings is 3. The summed E-state index contributed by atoms with van der Waals surface area (Å²) in [7, 11) is -4.16. The molecule has 1 N–H and O–H groups in total. The van der Waals surface area contributed by atoms with E-state index in [9.17, 15) is 18.0 Å². The maximum absolute atomic E-state index is 13.9. The van der Waals surface area contributed by atoms with Crippen molar-refractivity contribution in [2.24, 2.45) is 0 Å². The number of nitrogens with one attached hydrogen (secondary N) is 1. The molecule has 0 unspecified atom stereocenters. The minimum absolute atomic E-state index is 0.0196. The maximum Gasteiger partial charge on any atom is 0.264 e. The van der Waals surface area contributed by atoms with Crippen LogP contribution in [-0.2, 0) is 26.2 Å². The van der Waals surface area contributed by atoms with Gasteiger partial charge >= 0.3 is 0 Å². The van der Waals surface area contributed by atoms with Crippen LogP contribution in [0.4, 0.5) is 5.69 Å². The highest BCUT2D eigenvalue weighted by molar-refractivity contribution is 7.92. The first-order valence-corrected chi connectivity index (χ1v) is 14.4. The first-order valence-electron chi connectivity index (χ1n) is 11.8. The van der Waals surface area contributed by atoms with Crippen molar-refractivity contribution in [2.75, 3.05) is 17.4 Å². The Morgan fingerprint density at radius 1 is 0.947 bits per heavy atom. The van der Waals surface area contributed by atoms with E-state index in [1.807, 2.05) is 0 Å². The van der Waals surface area contributed by atoms with Crippen LogP contribution >= 0.6 is 34.8 Å². The van der Waals surface area contributed by atoms with Crippen LogP contribution < -0.4 is 9.62 Å². The molecule has 2 amide bonds. The number of hydrogen-bond donors (Lipinski definition) is 1. The Kier molecular flexibility index (Phi) is 10.1. The van der Waals surface area contributed by atoms with E-state index in [4.69, 9.17) is 34.8 Å². The molecule has 0 fully saturated rings. The van der Waals surface area contributed by atoms with E-state index >= 15 is 0 Å². The number of likely N-dealkylation sites (N-methyl/N-ethyl adjacent to an activating group) is 1. The molecule has 3 aromatic carbocycles. The zero-order chi connectivity index (χ0) is 28.0. The lowest BCUT2D eigenvalue weighted by Crippen LogP contribution is -2.51. The Balaban J connectivity index is 2.07. The van der Waals surface area contributed by atoms with Crippen molar-refractivity contribution in [3.8, 4) is 0 Å². The lowest BCUT2D eigenvalue weighted by molar-refractivity contribution is -0.139. The van der Waals surface area contributed by atoms with Crippen LogP contribution in [0.1, 0.15) is 25.0 Å². The third kappa shape index (κ3) is 6.99. The third-order valence-corrected chi connectivity index (χ3v) is 8.51. The zero-order valence-electron chi connectivity index (χ0n) is 21.1. The van der Waals surface area contributed by atoms with Gasteiger partial charge in [-0.25, -0.2) is 8.42 Å². The van der Waals surface area contributed by atoms with Gasteiger partial charge in [-0.3, -0.25) is 13.9 Å². The summed E-state index contributed by atoms with van der Waals surface area (Å²) in [5.41, 5.74) is 1.41. The number of rotatable bonds is 10. The highest BCUT2D eigenvalue weighted by Crippen LogP contribution is 2.30. The SMILES string of the molecule is CCNC(=O)[C@@H](C)N(Cc1ccc(Cl)cc1Cl)C(=O)CN(c1ccc(Cl)cc1C)S(=O)(=O)c1ccccc1. The van der Waals surface area contributed by atoms with Crippen molar-refractivity contribution >= 4 is 62.3 Å². The third-order valence-electron chi connectivity index (χ3n) is 5.91. The quantitative estimate of drug-likeness (QED) is 0.325. The molecule has 7 nitrogen and oxygen atoms in total. The molecule has 0 aliphatic carbocycles. The van der Waals surface area contributed by atoms with Crippen LogP contribution in [0, 0.1) is 6.92 Å². The Morgan fingerprint density at radius 3 is 2.18 bits per heavy atom. The predicted molar refractivity (Wildman–Crippen MR) is 152 cm³/mol. The minimum Gasteiger partial charge on any atom is -0.355 e. The van der Waals surface area contributed by atoms with Crippen molar-refractivity contribution in [1.29, 1.82) is 0 Å². The van der Waals surface area contributed by atoms with Crippen molar-refractivity contribution < 1.29 is 18.0 Å². The van der Waals surface area contributed by atoms with E-state index < -0.39 is 28.5 Å². The molecule has 3 rings (SSSR count). The van der Waals surface area contributed by atoms with E-state index in [0.717, 1.165) is 4.31 Å². The number of carbonyl (C=O) groups is 2. The highest BCUT2D eigenvalue weighted by atomic mass is 35.5. The molecule has 0 saturated heterocycles. The molecule has 11 heteroatoms.